The summed E-state index contributed by atoms with van der Waals surface area (Å²) in [5.74, 6) is 0.827. The Bertz CT molecular complexity index is 258. The normalized spacial score (nSPS) is 27.2. The summed E-state index contributed by atoms with van der Waals surface area (Å²) in [5, 5.41) is 0. The van der Waals surface area contributed by atoms with E-state index in [0.717, 1.165) is 19.0 Å². The third-order valence-electron chi connectivity index (χ3n) is 5.37. The number of nitrogens with zero attached hydrogens (tertiary/aromatic N) is 1. The van der Waals surface area contributed by atoms with Crippen molar-refractivity contribution in [2.75, 3.05) is 19.6 Å². The molecule has 2 nitrogen and oxygen atoms in total. The van der Waals surface area contributed by atoms with E-state index in [0.29, 0.717) is 5.41 Å². The van der Waals surface area contributed by atoms with Gasteiger partial charge in [-0.2, -0.15) is 0 Å². The van der Waals surface area contributed by atoms with E-state index in [1.165, 1.54) is 45.1 Å². The molecule has 1 unspecified atom stereocenters. The van der Waals surface area contributed by atoms with Crippen LogP contribution in [0.1, 0.15) is 73.1 Å². The number of hydrogen-bond acceptors (Lipinski definition) is 2. The maximum atomic E-state index is 6.25. The molecule has 0 saturated heterocycles. The summed E-state index contributed by atoms with van der Waals surface area (Å²) in [6, 6.07) is 0. The molecule has 1 saturated carbocycles. The minimum atomic E-state index is 0.263. The standard InChI is InChI=1S/C17H36N2/c1-6-15(7-2)12-19(8-3)17(14-18)11-9-10-16(4,5)13-17/h15H,6-14,18H2,1-5H3. The second-order valence-electron chi connectivity index (χ2n) is 7.34. The molecule has 0 radical (unpaired) electrons. The summed E-state index contributed by atoms with van der Waals surface area (Å²) in [6.07, 6.45) is 7.83. The maximum Gasteiger partial charge on any atom is 0.0336 e. The minimum Gasteiger partial charge on any atom is -0.329 e. The SMILES string of the molecule is CCC(CC)CN(CC)C1(CN)CCCC(C)(C)C1. The zero-order chi connectivity index (χ0) is 14.5. The van der Waals surface area contributed by atoms with Gasteiger partial charge in [0.05, 0.1) is 0 Å². The van der Waals surface area contributed by atoms with Crippen molar-refractivity contribution < 1.29 is 0 Å². The summed E-state index contributed by atoms with van der Waals surface area (Å²) in [6.45, 7) is 15.0. The molecule has 0 spiro atoms. The number of nitrogens with two attached hydrogens (primary N) is 1. The van der Waals surface area contributed by atoms with Crippen molar-refractivity contribution in [3.05, 3.63) is 0 Å². The van der Waals surface area contributed by atoms with E-state index in [2.05, 4.69) is 39.5 Å². The van der Waals surface area contributed by atoms with Crippen molar-refractivity contribution in [2.45, 2.75) is 78.7 Å². The van der Waals surface area contributed by atoms with Crippen LogP contribution in [-0.4, -0.2) is 30.1 Å². The van der Waals surface area contributed by atoms with E-state index in [4.69, 9.17) is 5.73 Å². The molecule has 2 N–H and O–H groups in total. The van der Waals surface area contributed by atoms with Crippen LogP contribution in [0.3, 0.4) is 0 Å². The van der Waals surface area contributed by atoms with Crippen LogP contribution < -0.4 is 5.73 Å². The van der Waals surface area contributed by atoms with Gasteiger partial charge in [-0.15, -0.1) is 0 Å². The predicted octanol–water partition coefficient (Wildman–Crippen LogP) is 4.04. The van der Waals surface area contributed by atoms with Crippen LogP contribution in [0.2, 0.25) is 0 Å². The molecule has 0 heterocycles. The van der Waals surface area contributed by atoms with E-state index < -0.39 is 0 Å². The van der Waals surface area contributed by atoms with Gasteiger partial charge < -0.3 is 5.73 Å². The topological polar surface area (TPSA) is 29.3 Å². The zero-order valence-electron chi connectivity index (χ0n) is 14.0. The van der Waals surface area contributed by atoms with Crippen molar-refractivity contribution in [3.63, 3.8) is 0 Å². The van der Waals surface area contributed by atoms with Crippen molar-refractivity contribution in [1.82, 2.24) is 4.90 Å². The second kappa shape index (κ2) is 7.08. The highest BCUT2D eigenvalue weighted by Crippen LogP contribution is 2.43. The summed E-state index contributed by atoms with van der Waals surface area (Å²) < 4.78 is 0. The fourth-order valence-corrected chi connectivity index (χ4v) is 4.05. The third kappa shape index (κ3) is 4.19. The molecule has 1 fully saturated rings. The number of rotatable bonds is 7. The van der Waals surface area contributed by atoms with E-state index in [9.17, 15) is 0 Å². The van der Waals surface area contributed by atoms with Crippen molar-refractivity contribution in [2.24, 2.45) is 17.1 Å². The summed E-state index contributed by atoms with van der Waals surface area (Å²) in [7, 11) is 0. The predicted molar refractivity (Wildman–Crippen MR) is 85.4 cm³/mol. The van der Waals surface area contributed by atoms with Crippen molar-refractivity contribution >= 4 is 0 Å². The summed E-state index contributed by atoms with van der Waals surface area (Å²) in [5.41, 5.74) is 6.97. The Morgan fingerprint density at radius 1 is 1.11 bits per heavy atom. The van der Waals surface area contributed by atoms with E-state index in [-0.39, 0.29) is 5.54 Å². The Balaban J connectivity index is 2.84. The largest absolute Gasteiger partial charge is 0.329 e. The van der Waals surface area contributed by atoms with Crippen LogP contribution in [0, 0.1) is 11.3 Å². The van der Waals surface area contributed by atoms with Gasteiger partial charge in [-0.05, 0) is 37.1 Å². The van der Waals surface area contributed by atoms with Gasteiger partial charge in [0.25, 0.3) is 0 Å². The highest BCUT2D eigenvalue weighted by atomic mass is 15.2. The van der Waals surface area contributed by atoms with Crippen LogP contribution in [0.5, 0.6) is 0 Å². The van der Waals surface area contributed by atoms with Gasteiger partial charge in [0, 0.05) is 18.6 Å². The lowest BCUT2D eigenvalue weighted by Gasteiger charge is -2.51. The Hall–Kier alpha value is -0.0800. The Morgan fingerprint density at radius 2 is 1.74 bits per heavy atom. The van der Waals surface area contributed by atoms with Crippen LogP contribution in [0.25, 0.3) is 0 Å². The molecule has 1 rings (SSSR count). The van der Waals surface area contributed by atoms with Crippen LogP contribution in [0.4, 0.5) is 0 Å². The second-order valence-corrected chi connectivity index (χ2v) is 7.34. The Kier molecular flexibility index (Phi) is 6.32. The zero-order valence-corrected chi connectivity index (χ0v) is 14.0. The van der Waals surface area contributed by atoms with Gasteiger partial charge in [-0.3, -0.25) is 4.90 Å². The first-order valence-corrected chi connectivity index (χ1v) is 8.38. The molecule has 1 aliphatic carbocycles. The molecule has 0 aromatic carbocycles. The molecule has 0 bridgehead atoms. The molecular weight excluding hydrogens is 232 g/mol. The van der Waals surface area contributed by atoms with Crippen LogP contribution in [-0.2, 0) is 0 Å². The van der Waals surface area contributed by atoms with Crippen LogP contribution >= 0.6 is 0 Å². The lowest BCUT2D eigenvalue weighted by Crippen LogP contribution is -2.58. The molecule has 0 aliphatic heterocycles. The van der Waals surface area contributed by atoms with Crippen molar-refractivity contribution in [3.8, 4) is 0 Å². The monoisotopic (exact) mass is 268 g/mol. The summed E-state index contributed by atoms with van der Waals surface area (Å²) in [4.78, 5) is 2.71. The lowest BCUT2D eigenvalue weighted by molar-refractivity contribution is 0.00271. The van der Waals surface area contributed by atoms with E-state index in [1.807, 2.05) is 0 Å². The molecule has 114 valence electrons. The van der Waals surface area contributed by atoms with Gasteiger partial charge in [0.2, 0.25) is 0 Å². The number of hydrogen-bond donors (Lipinski definition) is 1. The molecule has 0 aromatic heterocycles. The molecule has 1 aliphatic rings. The average Bonchev–Trinajstić information content (AvgIpc) is 2.39. The Morgan fingerprint density at radius 3 is 2.16 bits per heavy atom. The average molecular weight is 268 g/mol. The highest BCUT2D eigenvalue weighted by molar-refractivity contribution is 4.99. The fourth-order valence-electron chi connectivity index (χ4n) is 4.05. The Labute approximate surface area is 121 Å². The number of likely N-dealkylation sites (N-methyl/N-ethyl adjacent to an activating group) is 1. The molecule has 2 heteroatoms. The lowest BCUT2D eigenvalue weighted by atomic mass is 9.67. The minimum absolute atomic E-state index is 0.263. The highest BCUT2D eigenvalue weighted by Gasteiger charge is 2.42. The molecule has 1 atom stereocenters. The van der Waals surface area contributed by atoms with Gasteiger partial charge in [0.15, 0.2) is 0 Å². The van der Waals surface area contributed by atoms with E-state index >= 15 is 0 Å². The molecular formula is C17H36N2. The quantitative estimate of drug-likeness (QED) is 0.755. The first kappa shape index (κ1) is 17.0. The molecule has 19 heavy (non-hydrogen) atoms. The van der Waals surface area contributed by atoms with Gasteiger partial charge in [-0.25, -0.2) is 0 Å². The first-order valence-electron chi connectivity index (χ1n) is 8.38. The first-order chi connectivity index (χ1) is 8.93. The fraction of sp³-hybridized carbons (Fsp3) is 1.00. The van der Waals surface area contributed by atoms with Crippen LogP contribution in [0.15, 0.2) is 0 Å². The smallest absolute Gasteiger partial charge is 0.0336 e. The van der Waals surface area contributed by atoms with Crippen molar-refractivity contribution in [1.29, 1.82) is 0 Å². The van der Waals surface area contributed by atoms with E-state index in [1.54, 1.807) is 0 Å². The maximum absolute atomic E-state index is 6.25. The van der Waals surface area contributed by atoms with Gasteiger partial charge in [0.1, 0.15) is 0 Å². The van der Waals surface area contributed by atoms with Gasteiger partial charge >= 0.3 is 0 Å². The summed E-state index contributed by atoms with van der Waals surface area (Å²) >= 11 is 0. The third-order valence-corrected chi connectivity index (χ3v) is 5.37. The molecule has 0 aromatic rings. The van der Waals surface area contributed by atoms with Gasteiger partial charge in [-0.1, -0.05) is 53.9 Å². The molecule has 0 amide bonds.